The Balaban J connectivity index is 1.10. The van der Waals surface area contributed by atoms with Crippen LogP contribution in [-0.2, 0) is 5.41 Å². The Kier molecular flexibility index (Phi) is 7.08. The van der Waals surface area contributed by atoms with Gasteiger partial charge in [0.25, 0.3) is 0 Å². The van der Waals surface area contributed by atoms with Crippen molar-refractivity contribution in [1.82, 2.24) is 0 Å². The van der Waals surface area contributed by atoms with Gasteiger partial charge in [0.2, 0.25) is 0 Å². The number of fused-ring (bicyclic) bond motifs is 13. The zero-order valence-electron chi connectivity index (χ0n) is 31.1. The first kappa shape index (κ1) is 32.3. The summed E-state index contributed by atoms with van der Waals surface area (Å²) in [5.41, 5.74) is 18.4. The summed E-state index contributed by atoms with van der Waals surface area (Å²) in [4.78, 5) is 2.48. The monoisotopic (exact) mass is 741 g/mol. The lowest BCUT2D eigenvalue weighted by atomic mass is 9.70. The molecule has 2 aliphatic rings. The highest BCUT2D eigenvalue weighted by atomic mass is 32.1. The van der Waals surface area contributed by atoms with Crippen molar-refractivity contribution in [3.63, 3.8) is 0 Å². The zero-order valence-corrected chi connectivity index (χ0v) is 31.9. The molecular weight excluding hydrogens is 707 g/mol. The second-order valence-corrected chi connectivity index (χ2v) is 16.3. The third-order valence-electron chi connectivity index (χ3n) is 12.3. The lowest BCUT2D eigenvalue weighted by Gasteiger charge is -2.32. The summed E-state index contributed by atoms with van der Waals surface area (Å²) in [7, 11) is 0. The number of anilines is 3. The van der Waals surface area contributed by atoms with Gasteiger partial charge in [-0.2, -0.15) is 0 Å². The molecule has 1 aromatic heterocycles. The third-order valence-corrected chi connectivity index (χ3v) is 13.5. The van der Waals surface area contributed by atoms with Gasteiger partial charge in [0.05, 0.1) is 11.1 Å². The summed E-state index contributed by atoms with van der Waals surface area (Å²) in [5.74, 6) is 0. The molecule has 0 radical (unpaired) electrons. The standard InChI is InChI=1S/C55H35NS/c1-2-14-36(15-3-1)37-26-29-39(30-27-37)56(52-24-12-7-16-41(52)38-28-33-54-47(34-38)46-20-8-13-25-53(46)57-54)40-31-32-45-44-19-6-11-23-50(44)55(51(45)35-40)48-21-9-4-17-42(48)43-18-5-10-22-49(43)55/h1-35H. The molecule has 2 heteroatoms. The predicted octanol–water partition coefficient (Wildman–Crippen LogP) is 15.2. The first-order valence-electron chi connectivity index (χ1n) is 19.7. The summed E-state index contributed by atoms with van der Waals surface area (Å²) in [6.45, 7) is 0. The molecular formula is C55H35NS. The summed E-state index contributed by atoms with van der Waals surface area (Å²) < 4.78 is 2.63. The molecule has 0 N–H and O–H groups in total. The number of hydrogen-bond acceptors (Lipinski definition) is 2. The molecule has 1 nitrogen and oxygen atoms in total. The number of para-hydroxylation sites is 1. The van der Waals surface area contributed by atoms with Crippen LogP contribution < -0.4 is 4.90 Å². The molecule has 0 amide bonds. The lowest BCUT2D eigenvalue weighted by Crippen LogP contribution is -2.26. The number of nitrogens with zero attached hydrogens (tertiary/aromatic N) is 1. The highest BCUT2D eigenvalue weighted by Gasteiger charge is 2.51. The van der Waals surface area contributed by atoms with E-state index in [9.17, 15) is 0 Å². The fourth-order valence-corrected chi connectivity index (χ4v) is 11.0. The van der Waals surface area contributed by atoms with Gasteiger partial charge in [-0.05, 0) is 110 Å². The maximum absolute atomic E-state index is 2.49. The zero-order chi connectivity index (χ0) is 37.5. The van der Waals surface area contributed by atoms with Crippen molar-refractivity contribution in [2.45, 2.75) is 5.41 Å². The van der Waals surface area contributed by atoms with E-state index in [2.05, 4.69) is 217 Å². The minimum absolute atomic E-state index is 0.428. The molecule has 0 bridgehead atoms. The van der Waals surface area contributed by atoms with E-state index in [0.29, 0.717) is 0 Å². The SMILES string of the molecule is c1ccc(-c2ccc(N(c3ccc4c(c3)C3(c5ccccc5-c5ccccc53)c3ccccc3-4)c3ccccc3-c3ccc4sc5ccccc5c4c3)cc2)cc1. The van der Waals surface area contributed by atoms with E-state index in [0.717, 1.165) is 17.1 Å². The maximum atomic E-state index is 2.49. The van der Waals surface area contributed by atoms with Gasteiger partial charge in [-0.1, -0.05) is 164 Å². The average Bonchev–Trinajstić information content (AvgIpc) is 3.91. The molecule has 10 aromatic rings. The highest BCUT2D eigenvalue weighted by molar-refractivity contribution is 7.25. The van der Waals surface area contributed by atoms with Gasteiger partial charge >= 0.3 is 0 Å². The van der Waals surface area contributed by atoms with Gasteiger partial charge in [0.1, 0.15) is 0 Å². The second-order valence-electron chi connectivity index (χ2n) is 15.2. The van der Waals surface area contributed by atoms with E-state index >= 15 is 0 Å². The van der Waals surface area contributed by atoms with Crippen LogP contribution in [-0.4, -0.2) is 0 Å². The first-order chi connectivity index (χ1) is 28.3. The molecule has 0 atom stereocenters. The Bertz CT molecular complexity index is 3130. The van der Waals surface area contributed by atoms with Crippen LogP contribution in [0.4, 0.5) is 17.1 Å². The largest absolute Gasteiger partial charge is 0.310 e. The van der Waals surface area contributed by atoms with Crippen molar-refractivity contribution in [2.24, 2.45) is 0 Å². The van der Waals surface area contributed by atoms with Crippen LogP contribution in [0.1, 0.15) is 22.3 Å². The van der Waals surface area contributed by atoms with E-state index in [1.54, 1.807) is 0 Å². The minimum atomic E-state index is -0.428. The van der Waals surface area contributed by atoms with Crippen LogP contribution in [0.5, 0.6) is 0 Å². The van der Waals surface area contributed by atoms with Gasteiger partial charge in [-0.3, -0.25) is 0 Å². The van der Waals surface area contributed by atoms with E-state index in [4.69, 9.17) is 0 Å². The molecule has 9 aromatic carbocycles. The average molecular weight is 742 g/mol. The molecule has 0 saturated carbocycles. The molecule has 12 rings (SSSR count). The van der Waals surface area contributed by atoms with Crippen LogP contribution in [0.25, 0.3) is 64.7 Å². The fourth-order valence-electron chi connectivity index (χ4n) is 9.89. The Morgan fingerprint density at radius 2 is 0.825 bits per heavy atom. The van der Waals surface area contributed by atoms with Crippen molar-refractivity contribution in [2.75, 3.05) is 4.90 Å². The molecule has 2 aliphatic carbocycles. The van der Waals surface area contributed by atoms with Gasteiger partial charge in [-0.15, -0.1) is 11.3 Å². The van der Waals surface area contributed by atoms with Crippen LogP contribution in [0.3, 0.4) is 0 Å². The van der Waals surface area contributed by atoms with Crippen LogP contribution >= 0.6 is 11.3 Å². The Hall–Kier alpha value is -7.00. The molecule has 0 aliphatic heterocycles. The summed E-state index contributed by atoms with van der Waals surface area (Å²) in [5, 5.41) is 2.61. The van der Waals surface area contributed by atoms with Gasteiger partial charge < -0.3 is 4.90 Å². The Morgan fingerprint density at radius 1 is 0.316 bits per heavy atom. The van der Waals surface area contributed by atoms with Gasteiger partial charge in [-0.25, -0.2) is 0 Å². The number of hydrogen-bond donors (Lipinski definition) is 0. The van der Waals surface area contributed by atoms with Crippen LogP contribution in [0.2, 0.25) is 0 Å². The minimum Gasteiger partial charge on any atom is -0.310 e. The number of rotatable bonds is 5. The molecule has 0 saturated heterocycles. The molecule has 266 valence electrons. The summed E-state index contributed by atoms with van der Waals surface area (Å²) in [6.07, 6.45) is 0. The topological polar surface area (TPSA) is 3.24 Å². The third kappa shape index (κ3) is 4.68. The smallest absolute Gasteiger partial charge is 0.0726 e. The first-order valence-corrected chi connectivity index (χ1v) is 20.5. The van der Waals surface area contributed by atoms with Gasteiger partial charge in [0.15, 0.2) is 0 Å². The number of thiophene rings is 1. The number of benzene rings is 9. The Morgan fingerprint density at radius 3 is 1.53 bits per heavy atom. The predicted molar refractivity (Wildman–Crippen MR) is 241 cm³/mol. The van der Waals surface area contributed by atoms with Crippen LogP contribution in [0.15, 0.2) is 212 Å². The van der Waals surface area contributed by atoms with Crippen molar-refractivity contribution in [3.05, 3.63) is 235 Å². The Labute approximate surface area is 336 Å². The van der Waals surface area contributed by atoms with Gasteiger partial charge in [0, 0.05) is 37.1 Å². The van der Waals surface area contributed by atoms with E-state index in [1.807, 2.05) is 11.3 Å². The van der Waals surface area contributed by atoms with E-state index < -0.39 is 5.41 Å². The maximum Gasteiger partial charge on any atom is 0.0726 e. The van der Waals surface area contributed by atoms with Crippen molar-refractivity contribution in [1.29, 1.82) is 0 Å². The van der Waals surface area contributed by atoms with Crippen molar-refractivity contribution < 1.29 is 0 Å². The summed E-state index contributed by atoms with van der Waals surface area (Å²) in [6, 6.07) is 78.8. The normalized spacial score (nSPS) is 13.1. The lowest BCUT2D eigenvalue weighted by molar-refractivity contribution is 0.793. The molecule has 0 fully saturated rings. The molecule has 0 unspecified atom stereocenters. The molecule has 1 spiro atoms. The van der Waals surface area contributed by atoms with Crippen molar-refractivity contribution in [3.8, 4) is 44.5 Å². The van der Waals surface area contributed by atoms with E-state index in [-0.39, 0.29) is 0 Å². The van der Waals surface area contributed by atoms with Crippen LogP contribution in [0, 0.1) is 0 Å². The second kappa shape index (κ2) is 12.5. The highest BCUT2D eigenvalue weighted by Crippen LogP contribution is 2.63. The summed E-state index contributed by atoms with van der Waals surface area (Å²) >= 11 is 1.86. The fraction of sp³-hybridized carbons (Fsp3) is 0.0182. The molecule has 57 heavy (non-hydrogen) atoms. The van der Waals surface area contributed by atoms with Crippen molar-refractivity contribution >= 4 is 48.6 Å². The molecule has 1 heterocycles. The quantitative estimate of drug-likeness (QED) is 0.170. The van der Waals surface area contributed by atoms with E-state index in [1.165, 1.54) is 86.9 Å².